The van der Waals surface area contributed by atoms with E-state index in [1.807, 2.05) is 0 Å². The Balaban J connectivity index is 1.90. The maximum absolute atomic E-state index is 13.8. The second-order valence-electron chi connectivity index (χ2n) is 8.79. The summed E-state index contributed by atoms with van der Waals surface area (Å²) < 4.78 is 18.7. The number of carbonyl (C=O) groups is 2. The van der Waals surface area contributed by atoms with Crippen LogP contribution < -0.4 is 24.4 Å². The minimum absolute atomic E-state index is 0.214. The smallest absolute Gasteiger partial charge is 0.341 e. The Morgan fingerprint density at radius 1 is 1.23 bits per heavy atom. The number of carbonyl (C=O) groups excluding carboxylic acids is 1. The molecule has 0 saturated carbocycles. The summed E-state index contributed by atoms with van der Waals surface area (Å²) in [6.07, 6.45) is 1.30. The molecular weight excluding hydrogens is 612 g/mol. The summed E-state index contributed by atoms with van der Waals surface area (Å²) in [6, 6.07) is 9.15. The van der Waals surface area contributed by atoms with E-state index in [1.54, 1.807) is 63.2 Å². The van der Waals surface area contributed by atoms with Crippen molar-refractivity contribution in [2.45, 2.75) is 32.9 Å². The standard InChI is InChI=1S/C27H24BrClN2O7S/c1-13(2)38-26(35)23-14(3)30-27-31(24(23)17-11-16(29)6-8-19(17)36-4)25(34)21(39-27)10-15-5-7-20(18(28)9-15)37-12-22(32)33/h5-11,13,24H,12H2,1-4H3,(H,32,33)/b21-10-/t24-/m1/s1. The van der Waals surface area contributed by atoms with Gasteiger partial charge in [0.05, 0.1) is 33.5 Å². The summed E-state index contributed by atoms with van der Waals surface area (Å²) in [5, 5.41) is 9.26. The summed E-state index contributed by atoms with van der Waals surface area (Å²) >= 11 is 10.9. The number of benzene rings is 2. The number of hydrogen-bond acceptors (Lipinski definition) is 8. The zero-order valence-corrected chi connectivity index (χ0v) is 24.5. The van der Waals surface area contributed by atoms with Gasteiger partial charge in [0.1, 0.15) is 17.5 Å². The van der Waals surface area contributed by atoms with E-state index in [0.29, 0.717) is 47.2 Å². The normalized spacial score (nSPS) is 15.2. The molecule has 4 rings (SSSR count). The third kappa shape index (κ3) is 6.10. The van der Waals surface area contributed by atoms with Crippen molar-refractivity contribution in [3.63, 3.8) is 0 Å². The van der Waals surface area contributed by atoms with Gasteiger partial charge in [0.2, 0.25) is 0 Å². The Morgan fingerprint density at radius 2 is 1.95 bits per heavy atom. The van der Waals surface area contributed by atoms with Crippen LogP contribution in [0.2, 0.25) is 5.02 Å². The fourth-order valence-corrected chi connectivity index (χ4v) is 5.83. The fraction of sp³-hybridized carbons (Fsp3) is 0.259. The van der Waals surface area contributed by atoms with Crippen molar-refractivity contribution in [1.82, 2.24) is 4.57 Å². The van der Waals surface area contributed by atoms with E-state index in [2.05, 4.69) is 20.9 Å². The first-order chi connectivity index (χ1) is 18.5. The molecule has 39 heavy (non-hydrogen) atoms. The number of ether oxygens (including phenoxy) is 3. The molecule has 1 aromatic heterocycles. The molecular formula is C27H24BrClN2O7S. The Kier molecular flexibility index (Phi) is 8.63. The molecule has 9 nitrogen and oxygen atoms in total. The first-order valence-electron chi connectivity index (χ1n) is 11.7. The van der Waals surface area contributed by atoms with Crippen LogP contribution in [0.15, 0.2) is 61.9 Å². The van der Waals surface area contributed by atoms with Crippen LogP contribution in [0.25, 0.3) is 6.08 Å². The highest BCUT2D eigenvalue weighted by Gasteiger charge is 2.35. The van der Waals surface area contributed by atoms with E-state index < -0.39 is 24.6 Å². The van der Waals surface area contributed by atoms with E-state index in [0.717, 1.165) is 0 Å². The molecule has 0 aliphatic carbocycles. The van der Waals surface area contributed by atoms with Crippen LogP contribution in [0.4, 0.5) is 0 Å². The number of aliphatic carboxylic acids is 1. The number of fused-ring (bicyclic) bond motifs is 1. The summed E-state index contributed by atoms with van der Waals surface area (Å²) in [4.78, 5) is 42.9. The Labute approximate surface area is 240 Å². The predicted octanol–water partition coefficient (Wildman–Crippen LogP) is 4.07. The lowest BCUT2D eigenvalue weighted by Gasteiger charge is -2.26. The van der Waals surface area contributed by atoms with Crippen LogP contribution in [0.3, 0.4) is 0 Å². The predicted molar refractivity (Wildman–Crippen MR) is 150 cm³/mol. The van der Waals surface area contributed by atoms with E-state index in [1.165, 1.54) is 23.0 Å². The summed E-state index contributed by atoms with van der Waals surface area (Å²) in [5.41, 5.74) is 1.46. The first kappa shape index (κ1) is 28.6. The molecule has 12 heteroatoms. The van der Waals surface area contributed by atoms with Crippen molar-refractivity contribution < 1.29 is 28.9 Å². The van der Waals surface area contributed by atoms with Crippen molar-refractivity contribution >= 4 is 56.9 Å². The fourth-order valence-electron chi connectivity index (χ4n) is 4.09. The highest BCUT2D eigenvalue weighted by atomic mass is 79.9. The number of thiazole rings is 1. The van der Waals surface area contributed by atoms with Gasteiger partial charge in [-0.2, -0.15) is 0 Å². The molecule has 0 bridgehead atoms. The van der Waals surface area contributed by atoms with Crippen molar-refractivity contribution in [2.24, 2.45) is 4.99 Å². The minimum Gasteiger partial charge on any atom is -0.496 e. The van der Waals surface area contributed by atoms with Crippen LogP contribution in [0.1, 0.15) is 37.9 Å². The molecule has 0 saturated heterocycles. The lowest BCUT2D eigenvalue weighted by molar-refractivity contribution is -0.143. The van der Waals surface area contributed by atoms with Crippen molar-refractivity contribution in [2.75, 3.05) is 13.7 Å². The molecule has 1 aliphatic heterocycles. The molecule has 0 spiro atoms. The number of aromatic nitrogens is 1. The number of nitrogens with zero attached hydrogens (tertiary/aromatic N) is 2. The Morgan fingerprint density at radius 3 is 2.59 bits per heavy atom. The molecule has 1 aliphatic rings. The number of methoxy groups -OCH3 is 1. The van der Waals surface area contributed by atoms with E-state index >= 15 is 0 Å². The molecule has 0 radical (unpaired) electrons. The van der Waals surface area contributed by atoms with Gasteiger partial charge in [0.25, 0.3) is 5.56 Å². The number of carboxylic acid groups (broad SMARTS) is 1. The van der Waals surface area contributed by atoms with Crippen molar-refractivity contribution in [3.05, 3.63) is 88.0 Å². The first-order valence-corrected chi connectivity index (χ1v) is 13.7. The van der Waals surface area contributed by atoms with Crippen LogP contribution in [0, 0.1) is 0 Å². The molecule has 3 aromatic rings. The number of hydrogen-bond donors (Lipinski definition) is 1. The molecule has 2 heterocycles. The highest BCUT2D eigenvalue weighted by Crippen LogP contribution is 2.37. The SMILES string of the molecule is COc1ccc(Cl)cc1[C@@H]1C(C(=O)OC(C)C)=C(C)N=c2s/c(=C\c3ccc(OCC(=O)O)c(Br)c3)c(=O)n21. The summed E-state index contributed by atoms with van der Waals surface area (Å²) in [6.45, 7) is 4.71. The number of esters is 1. The van der Waals surface area contributed by atoms with E-state index in [4.69, 9.17) is 30.9 Å². The largest absolute Gasteiger partial charge is 0.496 e. The second kappa shape index (κ2) is 11.8. The zero-order chi connectivity index (χ0) is 28.4. The number of rotatable bonds is 8. The Hall–Kier alpha value is -3.41. The van der Waals surface area contributed by atoms with Crippen LogP contribution in [-0.4, -0.2) is 41.4 Å². The lowest BCUT2D eigenvalue weighted by Crippen LogP contribution is -2.40. The van der Waals surface area contributed by atoms with Gasteiger partial charge in [-0.25, -0.2) is 14.6 Å². The quantitative estimate of drug-likeness (QED) is 0.371. The van der Waals surface area contributed by atoms with Gasteiger partial charge in [0.15, 0.2) is 11.4 Å². The maximum atomic E-state index is 13.8. The minimum atomic E-state index is -1.09. The summed E-state index contributed by atoms with van der Waals surface area (Å²) in [5.74, 6) is -0.879. The topological polar surface area (TPSA) is 116 Å². The van der Waals surface area contributed by atoms with Crippen LogP contribution >= 0.6 is 38.9 Å². The van der Waals surface area contributed by atoms with Gasteiger partial charge in [-0.3, -0.25) is 9.36 Å². The number of allylic oxidation sites excluding steroid dienone is 1. The van der Waals surface area contributed by atoms with Crippen molar-refractivity contribution in [1.29, 1.82) is 0 Å². The molecule has 2 aromatic carbocycles. The number of carboxylic acids is 1. The third-order valence-electron chi connectivity index (χ3n) is 5.68. The van der Waals surface area contributed by atoms with Gasteiger partial charge < -0.3 is 19.3 Å². The van der Waals surface area contributed by atoms with Gasteiger partial charge in [-0.15, -0.1) is 0 Å². The molecule has 204 valence electrons. The average molecular weight is 636 g/mol. The van der Waals surface area contributed by atoms with Gasteiger partial charge >= 0.3 is 11.9 Å². The molecule has 1 atom stereocenters. The number of halogens is 2. The lowest BCUT2D eigenvalue weighted by atomic mass is 9.95. The monoisotopic (exact) mass is 634 g/mol. The van der Waals surface area contributed by atoms with E-state index in [9.17, 15) is 14.4 Å². The van der Waals surface area contributed by atoms with Crippen LogP contribution in [-0.2, 0) is 14.3 Å². The third-order valence-corrected chi connectivity index (χ3v) is 7.51. The maximum Gasteiger partial charge on any atom is 0.341 e. The molecule has 0 fully saturated rings. The zero-order valence-electron chi connectivity index (χ0n) is 21.4. The van der Waals surface area contributed by atoms with Gasteiger partial charge in [0, 0.05) is 10.6 Å². The molecule has 1 N–H and O–H groups in total. The average Bonchev–Trinajstić information content (AvgIpc) is 3.16. The molecule has 0 unspecified atom stereocenters. The van der Waals surface area contributed by atoms with Crippen molar-refractivity contribution in [3.8, 4) is 11.5 Å². The van der Waals surface area contributed by atoms with E-state index in [-0.39, 0.29) is 17.2 Å². The summed E-state index contributed by atoms with van der Waals surface area (Å²) in [7, 11) is 1.50. The highest BCUT2D eigenvalue weighted by molar-refractivity contribution is 9.10. The Bertz CT molecular complexity index is 1680. The molecule has 0 amide bonds. The van der Waals surface area contributed by atoms with Crippen LogP contribution in [0.5, 0.6) is 11.5 Å². The second-order valence-corrected chi connectivity index (χ2v) is 11.1. The van der Waals surface area contributed by atoms with Gasteiger partial charge in [-0.05, 0) is 78.7 Å². The van der Waals surface area contributed by atoms with Gasteiger partial charge in [-0.1, -0.05) is 29.0 Å².